The third kappa shape index (κ3) is 7.12. The van der Waals surface area contributed by atoms with Crippen LogP contribution >= 0.6 is 11.3 Å². The van der Waals surface area contributed by atoms with Crippen molar-refractivity contribution in [1.29, 1.82) is 0 Å². The summed E-state index contributed by atoms with van der Waals surface area (Å²) < 4.78 is 15.5. The quantitative estimate of drug-likeness (QED) is 0.380. The molecule has 0 saturated carbocycles. The number of amides is 2. The Morgan fingerprint density at radius 1 is 0.931 bits per heavy atom. The Bertz CT molecular complexity index is 759. The van der Waals surface area contributed by atoms with Crippen LogP contribution in [-0.4, -0.2) is 46.7 Å². The van der Waals surface area contributed by atoms with Gasteiger partial charge in [-0.05, 0) is 48.5 Å². The minimum atomic E-state index is -1.04. The molecule has 29 heavy (non-hydrogen) atoms. The average Bonchev–Trinajstić information content (AvgIpc) is 2.95. The van der Waals surface area contributed by atoms with Crippen molar-refractivity contribution in [3.8, 4) is 0 Å². The van der Waals surface area contributed by atoms with Gasteiger partial charge in [0.15, 0.2) is 5.78 Å². The van der Waals surface area contributed by atoms with Crippen molar-refractivity contribution in [2.24, 2.45) is 0 Å². The van der Waals surface area contributed by atoms with Gasteiger partial charge in [0.1, 0.15) is 21.8 Å². The Hall–Kier alpha value is -2.49. The largest absolute Gasteiger partial charge is 0.462 e. The molecule has 1 aromatic heterocycles. The number of ketones is 1. The van der Waals surface area contributed by atoms with Gasteiger partial charge in [-0.2, -0.15) is 4.90 Å². The summed E-state index contributed by atoms with van der Waals surface area (Å²) in [5.41, 5.74) is -1.97. The second-order valence-electron chi connectivity index (χ2n) is 7.97. The number of Topliss-reactive ketones (excluding diaryl/α,β-unsaturated/α-hetero) is 1. The lowest BCUT2D eigenvalue weighted by Crippen LogP contribution is -2.43. The molecule has 162 valence electrons. The van der Waals surface area contributed by atoms with Gasteiger partial charge in [-0.3, -0.25) is 4.79 Å². The number of hydrogen-bond donors (Lipinski definition) is 0. The van der Waals surface area contributed by atoms with Crippen LogP contribution in [0.15, 0.2) is 0 Å². The maximum absolute atomic E-state index is 12.7. The molecule has 10 heteroatoms. The molecular formula is C19H28N2O7S. The predicted molar refractivity (Wildman–Crippen MR) is 108 cm³/mol. The van der Waals surface area contributed by atoms with E-state index in [1.807, 2.05) is 0 Å². The Balaban J connectivity index is 3.50. The maximum Gasteiger partial charge on any atom is 0.426 e. The molecule has 0 N–H and O–H groups in total. The SMILES string of the molecule is CCOC(=O)c1sc(N(C(=O)OC(C)(C)C)C(=O)OC(C)(C)C)nc1C(=O)CC. The van der Waals surface area contributed by atoms with Gasteiger partial charge in [-0.1, -0.05) is 18.3 Å². The molecule has 0 fully saturated rings. The zero-order valence-electron chi connectivity index (χ0n) is 18.1. The van der Waals surface area contributed by atoms with Crippen LogP contribution in [0, 0.1) is 0 Å². The minimum absolute atomic E-state index is 0.0778. The maximum atomic E-state index is 12.7. The number of carbonyl (C=O) groups is 4. The Morgan fingerprint density at radius 3 is 1.79 bits per heavy atom. The number of esters is 1. The monoisotopic (exact) mass is 428 g/mol. The minimum Gasteiger partial charge on any atom is -0.462 e. The fourth-order valence-electron chi connectivity index (χ4n) is 1.94. The van der Waals surface area contributed by atoms with E-state index in [9.17, 15) is 19.2 Å². The van der Waals surface area contributed by atoms with Gasteiger partial charge < -0.3 is 14.2 Å². The van der Waals surface area contributed by atoms with Crippen molar-refractivity contribution in [3.05, 3.63) is 10.6 Å². The molecule has 0 aliphatic heterocycles. The first-order valence-corrected chi connectivity index (χ1v) is 9.99. The number of carbonyl (C=O) groups excluding carboxylic acids is 4. The zero-order valence-corrected chi connectivity index (χ0v) is 18.9. The van der Waals surface area contributed by atoms with Crippen LogP contribution in [0.25, 0.3) is 0 Å². The van der Waals surface area contributed by atoms with E-state index in [2.05, 4.69) is 4.98 Å². The Labute approximate surface area is 174 Å². The molecule has 0 unspecified atom stereocenters. The third-order valence-corrected chi connectivity index (χ3v) is 4.03. The second kappa shape index (κ2) is 9.34. The number of ether oxygens (including phenoxy) is 3. The van der Waals surface area contributed by atoms with E-state index in [0.29, 0.717) is 16.2 Å². The molecule has 0 bridgehead atoms. The lowest BCUT2D eigenvalue weighted by Gasteiger charge is -2.27. The van der Waals surface area contributed by atoms with Crippen LogP contribution in [-0.2, 0) is 14.2 Å². The molecule has 1 aromatic rings. The number of rotatable bonds is 5. The summed E-state index contributed by atoms with van der Waals surface area (Å²) in [6, 6.07) is 0. The molecule has 0 aliphatic carbocycles. The van der Waals surface area contributed by atoms with E-state index >= 15 is 0 Å². The van der Waals surface area contributed by atoms with Crippen molar-refractivity contribution < 1.29 is 33.4 Å². The molecule has 1 heterocycles. The molecule has 0 radical (unpaired) electrons. The molecule has 1 rings (SSSR count). The van der Waals surface area contributed by atoms with E-state index < -0.39 is 35.1 Å². The smallest absolute Gasteiger partial charge is 0.426 e. The van der Waals surface area contributed by atoms with Crippen molar-refractivity contribution in [2.75, 3.05) is 11.5 Å². The standard InChI is InChI=1S/C19H28N2O7S/c1-9-11(22)12-13(14(23)26-10-2)29-15(20-12)21(16(24)27-18(3,4)5)17(25)28-19(6,7)8/h9-10H2,1-8H3. The highest BCUT2D eigenvalue weighted by Crippen LogP contribution is 2.30. The number of thiazole rings is 1. The molecule has 0 spiro atoms. The first-order valence-electron chi connectivity index (χ1n) is 9.17. The summed E-state index contributed by atoms with van der Waals surface area (Å²) in [5, 5.41) is -0.214. The van der Waals surface area contributed by atoms with E-state index in [4.69, 9.17) is 14.2 Å². The summed E-state index contributed by atoms with van der Waals surface area (Å²) >= 11 is 0.686. The lowest BCUT2D eigenvalue weighted by molar-refractivity contribution is 0.0428. The number of anilines is 1. The number of hydrogen-bond acceptors (Lipinski definition) is 9. The van der Waals surface area contributed by atoms with Gasteiger partial charge in [-0.25, -0.2) is 19.4 Å². The molecule has 0 aliphatic rings. The van der Waals surface area contributed by atoms with Gasteiger partial charge >= 0.3 is 18.2 Å². The van der Waals surface area contributed by atoms with Gasteiger partial charge in [0.05, 0.1) is 6.61 Å². The summed E-state index contributed by atoms with van der Waals surface area (Å²) in [4.78, 5) is 54.5. The number of aromatic nitrogens is 1. The summed E-state index contributed by atoms with van der Waals surface area (Å²) in [5.74, 6) is -1.19. The topological polar surface area (TPSA) is 112 Å². The summed E-state index contributed by atoms with van der Waals surface area (Å²) in [6.45, 7) is 13.1. The number of imide groups is 1. The van der Waals surface area contributed by atoms with Gasteiger partial charge in [0, 0.05) is 6.42 Å². The van der Waals surface area contributed by atoms with Crippen molar-refractivity contribution >= 4 is 40.4 Å². The second-order valence-corrected chi connectivity index (χ2v) is 8.94. The van der Waals surface area contributed by atoms with Gasteiger partial charge in [-0.15, -0.1) is 0 Å². The molecule has 0 aromatic carbocycles. The first-order chi connectivity index (χ1) is 13.2. The summed E-state index contributed by atoms with van der Waals surface area (Å²) in [7, 11) is 0. The highest BCUT2D eigenvalue weighted by molar-refractivity contribution is 7.18. The van der Waals surface area contributed by atoms with Gasteiger partial charge in [0.2, 0.25) is 5.13 Å². The molecule has 0 atom stereocenters. The summed E-state index contributed by atoms with van der Waals surface area (Å²) in [6.07, 6.45) is -1.99. The van der Waals surface area contributed by atoms with Gasteiger partial charge in [0.25, 0.3) is 0 Å². The highest BCUT2D eigenvalue weighted by atomic mass is 32.1. The van der Waals surface area contributed by atoms with Crippen LogP contribution < -0.4 is 4.90 Å². The van der Waals surface area contributed by atoms with Crippen LogP contribution in [0.3, 0.4) is 0 Å². The fraction of sp³-hybridized carbons (Fsp3) is 0.632. The highest BCUT2D eigenvalue weighted by Gasteiger charge is 2.37. The van der Waals surface area contributed by atoms with E-state index in [1.165, 1.54) is 0 Å². The molecule has 9 nitrogen and oxygen atoms in total. The molecule has 2 amide bonds. The molecule has 0 saturated heterocycles. The van der Waals surface area contributed by atoms with E-state index in [0.717, 1.165) is 0 Å². The van der Waals surface area contributed by atoms with Crippen LogP contribution in [0.2, 0.25) is 0 Å². The van der Waals surface area contributed by atoms with E-state index in [-0.39, 0.29) is 28.7 Å². The Kier molecular flexibility index (Phi) is 7.90. The third-order valence-electron chi connectivity index (χ3n) is 3.01. The van der Waals surface area contributed by atoms with Crippen LogP contribution in [0.1, 0.15) is 82.0 Å². The normalized spacial score (nSPS) is 11.6. The average molecular weight is 429 g/mol. The first kappa shape index (κ1) is 24.5. The lowest BCUT2D eigenvalue weighted by atomic mass is 10.2. The Morgan fingerprint density at radius 2 is 1.41 bits per heavy atom. The fourth-order valence-corrected chi connectivity index (χ4v) is 2.90. The predicted octanol–water partition coefficient (Wildman–Crippen LogP) is 4.59. The van der Waals surface area contributed by atoms with Crippen molar-refractivity contribution in [1.82, 2.24) is 4.98 Å². The van der Waals surface area contributed by atoms with Crippen LogP contribution in [0.4, 0.5) is 14.7 Å². The zero-order chi connectivity index (χ0) is 22.6. The van der Waals surface area contributed by atoms with E-state index in [1.54, 1.807) is 55.4 Å². The van der Waals surface area contributed by atoms with Crippen molar-refractivity contribution in [2.45, 2.75) is 73.0 Å². The number of nitrogens with zero attached hydrogens (tertiary/aromatic N) is 2. The van der Waals surface area contributed by atoms with Crippen LogP contribution in [0.5, 0.6) is 0 Å². The molecular weight excluding hydrogens is 400 g/mol. The van der Waals surface area contributed by atoms with Crippen molar-refractivity contribution in [3.63, 3.8) is 0 Å².